The van der Waals surface area contributed by atoms with Crippen molar-refractivity contribution in [2.45, 2.75) is 37.3 Å². The zero-order chi connectivity index (χ0) is 22.5. The molecule has 1 saturated heterocycles. The Balaban J connectivity index is 1.48. The summed E-state index contributed by atoms with van der Waals surface area (Å²) in [6, 6.07) is 18.9. The van der Waals surface area contributed by atoms with Crippen LogP contribution in [0.3, 0.4) is 0 Å². The fraction of sp³-hybridized carbons (Fsp3) is 0.269. The monoisotopic (exact) mass is 453 g/mol. The van der Waals surface area contributed by atoms with Gasteiger partial charge in [-0.1, -0.05) is 35.9 Å². The molecule has 164 valence electrons. The molecule has 1 atom stereocenters. The maximum Gasteiger partial charge on any atom is 0.236 e. The molecule has 5 rings (SSSR count). The van der Waals surface area contributed by atoms with Crippen LogP contribution in [0.25, 0.3) is 0 Å². The Labute approximate surface area is 190 Å². The predicted molar refractivity (Wildman–Crippen MR) is 119 cm³/mol. The minimum absolute atomic E-state index is 0.0448. The van der Waals surface area contributed by atoms with Gasteiger partial charge in [-0.05, 0) is 85.3 Å². The lowest BCUT2D eigenvalue weighted by molar-refractivity contribution is -0.149. The number of aliphatic hydroxyl groups is 1. The summed E-state index contributed by atoms with van der Waals surface area (Å²) >= 11 is 5.99. The second-order valence-electron chi connectivity index (χ2n) is 8.80. The van der Waals surface area contributed by atoms with Gasteiger partial charge in [0.1, 0.15) is 11.6 Å². The van der Waals surface area contributed by atoms with Crippen molar-refractivity contribution in [3.8, 4) is 0 Å². The van der Waals surface area contributed by atoms with E-state index < -0.39 is 11.0 Å². The van der Waals surface area contributed by atoms with Crippen molar-refractivity contribution >= 4 is 23.2 Å². The molecule has 1 heterocycles. The van der Waals surface area contributed by atoms with E-state index in [9.17, 15) is 18.7 Å². The van der Waals surface area contributed by atoms with Gasteiger partial charge in [0.15, 0.2) is 0 Å². The van der Waals surface area contributed by atoms with Gasteiger partial charge in [0.2, 0.25) is 5.91 Å². The van der Waals surface area contributed by atoms with Crippen molar-refractivity contribution in [1.29, 1.82) is 0 Å². The Morgan fingerprint density at radius 2 is 1.34 bits per heavy atom. The molecule has 1 spiro atoms. The molecule has 3 aromatic rings. The van der Waals surface area contributed by atoms with Crippen LogP contribution in [0.15, 0.2) is 72.8 Å². The summed E-state index contributed by atoms with van der Waals surface area (Å²) in [7, 11) is 0. The maximum absolute atomic E-state index is 13.6. The fourth-order valence-electron chi connectivity index (χ4n) is 5.28. The molecule has 1 amide bonds. The fourth-order valence-corrected chi connectivity index (χ4v) is 5.41. The van der Waals surface area contributed by atoms with Crippen LogP contribution in [0, 0.1) is 17.0 Å². The zero-order valence-electron chi connectivity index (χ0n) is 17.3. The number of anilines is 1. The minimum Gasteiger partial charge on any atom is -0.385 e. The molecule has 2 aliphatic rings. The number of carbonyl (C=O) groups excluding carboxylic acids is 1. The van der Waals surface area contributed by atoms with Crippen LogP contribution < -0.4 is 4.90 Å². The van der Waals surface area contributed by atoms with Crippen molar-refractivity contribution in [2.24, 2.45) is 5.41 Å². The van der Waals surface area contributed by atoms with Crippen molar-refractivity contribution in [3.05, 3.63) is 101 Å². The van der Waals surface area contributed by atoms with Crippen molar-refractivity contribution in [3.63, 3.8) is 0 Å². The number of amides is 1. The van der Waals surface area contributed by atoms with Gasteiger partial charge in [0.05, 0.1) is 17.1 Å². The quantitative estimate of drug-likeness (QED) is 0.483. The molecule has 1 saturated carbocycles. The van der Waals surface area contributed by atoms with Gasteiger partial charge in [-0.15, -0.1) is 0 Å². The van der Waals surface area contributed by atoms with Crippen LogP contribution in [0.4, 0.5) is 14.5 Å². The number of carbonyl (C=O) groups is 1. The van der Waals surface area contributed by atoms with E-state index >= 15 is 0 Å². The summed E-state index contributed by atoms with van der Waals surface area (Å²) in [4.78, 5) is 15.2. The molecular formula is C26H22ClF2NO2. The minimum atomic E-state index is -1.03. The molecule has 2 fully saturated rings. The van der Waals surface area contributed by atoms with Crippen molar-refractivity contribution in [1.82, 2.24) is 0 Å². The Kier molecular flexibility index (Phi) is 5.06. The third-order valence-electron chi connectivity index (χ3n) is 7.07. The number of benzene rings is 3. The first-order valence-corrected chi connectivity index (χ1v) is 11.0. The highest BCUT2D eigenvalue weighted by molar-refractivity contribution is 6.30. The first kappa shape index (κ1) is 21.1. The van der Waals surface area contributed by atoms with Crippen LogP contribution in [0.2, 0.25) is 5.02 Å². The van der Waals surface area contributed by atoms with E-state index in [-0.39, 0.29) is 23.6 Å². The number of β-lactam (4-membered cyclic amide) rings is 1. The highest BCUT2D eigenvalue weighted by Crippen LogP contribution is 2.61. The molecule has 1 aliphatic carbocycles. The second kappa shape index (κ2) is 7.68. The van der Waals surface area contributed by atoms with Gasteiger partial charge in [0.25, 0.3) is 0 Å². The van der Waals surface area contributed by atoms with Gasteiger partial charge in [-0.3, -0.25) is 4.79 Å². The van der Waals surface area contributed by atoms with Gasteiger partial charge in [-0.2, -0.15) is 0 Å². The van der Waals surface area contributed by atoms with Gasteiger partial charge in [0, 0.05) is 10.7 Å². The summed E-state index contributed by atoms with van der Waals surface area (Å²) in [5, 5.41) is 11.9. The molecule has 0 bridgehead atoms. The SMILES string of the molecule is O=C1N(c2ccc(F)cc2)[C@H](c2ccc(F)cc2)C12CCC(O)(c1ccc(Cl)cc1)CC2. The molecule has 3 aromatic carbocycles. The largest absolute Gasteiger partial charge is 0.385 e. The predicted octanol–water partition coefficient (Wildman–Crippen LogP) is 6.15. The number of hydrogen-bond acceptors (Lipinski definition) is 2. The summed E-state index contributed by atoms with van der Waals surface area (Å²) in [6.45, 7) is 0. The smallest absolute Gasteiger partial charge is 0.236 e. The number of hydrogen-bond donors (Lipinski definition) is 1. The van der Waals surface area contributed by atoms with Crippen LogP contribution >= 0.6 is 11.6 Å². The van der Waals surface area contributed by atoms with E-state index in [4.69, 9.17) is 11.6 Å². The molecule has 32 heavy (non-hydrogen) atoms. The summed E-state index contributed by atoms with van der Waals surface area (Å²) in [5.74, 6) is -0.764. The van der Waals surface area contributed by atoms with E-state index in [0.29, 0.717) is 36.4 Å². The third-order valence-corrected chi connectivity index (χ3v) is 7.32. The lowest BCUT2D eigenvalue weighted by Gasteiger charge is -2.59. The summed E-state index contributed by atoms with van der Waals surface area (Å²) < 4.78 is 27.1. The highest BCUT2D eigenvalue weighted by Gasteiger charge is 2.63. The Morgan fingerprint density at radius 3 is 1.91 bits per heavy atom. The van der Waals surface area contributed by atoms with E-state index in [1.807, 2.05) is 12.1 Å². The van der Waals surface area contributed by atoms with E-state index in [1.165, 1.54) is 24.3 Å². The Bertz CT molecular complexity index is 1140. The first-order valence-electron chi connectivity index (χ1n) is 10.7. The average Bonchev–Trinajstić information content (AvgIpc) is 2.80. The number of nitrogens with zero attached hydrogens (tertiary/aromatic N) is 1. The molecule has 3 nitrogen and oxygen atoms in total. The number of rotatable bonds is 3. The standard InChI is InChI=1S/C26H22ClF2NO2/c27-19-5-3-18(4-6-19)26(32)15-13-25(14-16-26)23(17-1-7-20(28)8-2-17)30(24(25)31)22-11-9-21(29)10-12-22/h1-12,23,32H,13-16H2/t23-,25?,26?/m1/s1. The highest BCUT2D eigenvalue weighted by atomic mass is 35.5. The molecule has 0 radical (unpaired) electrons. The molecule has 0 aromatic heterocycles. The van der Waals surface area contributed by atoms with Gasteiger partial charge < -0.3 is 10.0 Å². The molecular weight excluding hydrogens is 432 g/mol. The molecule has 6 heteroatoms. The lowest BCUT2D eigenvalue weighted by atomic mass is 9.56. The molecule has 0 unspecified atom stereocenters. The lowest BCUT2D eigenvalue weighted by Crippen LogP contribution is -2.65. The Morgan fingerprint density at radius 1 is 0.812 bits per heavy atom. The number of halogens is 3. The van der Waals surface area contributed by atoms with E-state index in [1.54, 1.807) is 41.3 Å². The maximum atomic E-state index is 13.6. The molecule has 1 N–H and O–H groups in total. The van der Waals surface area contributed by atoms with Crippen LogP contribution in [0.5, 0.6) is 0 Å². The third kappa shape index (κ3) is 3.31. The zero-order valence-corrected chi connectivity index (χ0v) is 18.0. The summed E-state index contributed by atoms with van der Waals surface area (Å²) in [6.07, 6.45) is 1.83. The Hall–Kier alpha value is -2.76. The van der Waals surface area contributed by atoms with Gasteiger partial charge in [-0.25, -0.2) is 8.78 Å². The van der Waals surface area contributed by atoms with Gasteiger partial charge >= 0.3 is 0 Å². The topological polar surface area (TPSA) is 40.5 Å². The second-order valence-corrected chi connectivity index (χ2v) is 9.24. The van der Waals surface area contributed by atoms with Crippen molar-refractivity contribution in [2.75, 3.05) is 4.90 Å². The van der Waals surface area contributed by atoms with Crippen LogP contribution in [-0.4, -0.2) is 11.0 Å². The van der Waals surface area contributed by atoms with E-state index in [0.717, 1.165) is 11.1 Å². The molecule has 1 aliphatic heterocycles. The van der Waals surface area contributed by atoms with Crippen LogP contribution in [-0.2, 0) is 10.4 Å². The summed E-state index contributed by atoms with van der Waals surface area (Å²) in [5.41, 5.74) is 0.504. The normalized spacial score (nSPS) is 27.4. The van der Waals surface area contributed by atoms with E-state index in [2.05, 4.69) is 0 Å². The first-order chi connectivity index (χ1) is 15.3. The average molecular weight is 454 g/mol. The van der Waals surface area contributed by atoms with Crippen molar-refractivity contribution < 1.29 is 18.7 Å². The van der Waals surface area contributed by atoms with Crippen LogP contribution in [0.1, 0.15) is 42.9 Å².